The summed E-state index contributed by atoms with van der Waals surface area (Å²) in [6.45, 7) is 1.04. The van der Waals surface area contributed by atoms with Gasteiger partial charge in [-0.1, -0.05) is 29.8 Å². The standard InChI is InChI=1S/C16H15ClN4O/c17-14-6-2-1-5-13(14)15-8-16(20-11-19-15)18-9-12-4-3-7-21(22)10-12/h1-8,10,18,20H,9,11H2. The first-order chi connectivity index (χ1) is 10.7. The fourth-order valence-electron chi connectivity index (χ4n) is 2.19. The van der Waals surface area contributed by atoms with Crippen molar-refractivity contribution in [3.8, 4) is 0 Å². The summed E-state index contributed by atoms with van der Waals surface area (Å²) < 4.78 is 0.788. The second-order valence-corrected chi connectivity index (χ2v) is 5.25. The van der Waals surface area contributed by atoms with Crippen LogP contribution < -0.4 is 15.4 Å². The van der Waals surface area contributed by atoms with E-state index in [9.17, 15) is 5.21 Å². The molecule has 0 bridgehead atoms. The van der Waals surface area contributed by atoms with Crippen LogP contribution in [0.2, 0.25) is 5.02 Å². The van der Waals surface area contributed by atoms with E-state index < -0.39 is 0 Å². The Morgan fingerprint density at radius 3 is 2.95 bits per heavy atom. The Hall–Kier alpha value is -2.53. The van der Waals surface area contributed by atoms with Crippen LogP contribution in [0.3, 0.4) is 0 Å². The van der Waals surface area contributed by atoms with Crippen molar-refractivity contribution >= 4 is 17.3 Å². The Kier molecular flexibility index (Phi) is 4.25. The topological polar surface area (TPSA) is 63.4 Å². The Balaban J connectivity index is 1.72. The molecular weight excluding hydrogens is 300 g/mol. The maximum atomic E-state index is 11.2. The van der Waals surface area contributed by atoms with Gasteiger partial charge in [0.2, 0.25) is 0 Å². The second-order valence-electron chi connectivity index (χ2n) is 4.84. The molecular formula is C16H15ClN4O. The largest absolute Gasteiger partial charge is 0.619 e. The first-order valence-electron chi connectivity index (χ1n) is 6.89. The number of nitrogens with zero attached hydrogens (tertiary/aromatic N) is 2. The van der Waals surface area contributed by atoms with Gasteiger partial charge in [-0.05, 0) is 12.1 Å². The summed E-state index contributed by atoms with van der Waals surface area (Å²) >= 11 is 6.21. The maximum Gasteiger partial charge on any atom is 0.185 e. The van der Waals surface area contributed by atoms with Gasteiger partial charge < -0.3 is 15.8 Å². The number of benzene rings is 1. The number of hydrogen-bond acceptors (Lipinski definition) is 4. The number of nitrogens with one attached hydrogen (secondary N) is 2. The van der Waals surface area contributed by atoms with E-state index in [1.54, 1.807) is 12.3 Å². The molecule has 22 heavy (non-hydrogen) atoms. The molecule has 2 N–H and O–H groups in total. The number of hydrogen-bond donors (Lipinski definition) is 2. The second kappa shape index (κ2) is 6.49. The van der Waals surface area contributed by atoms with E-state index in [0.29, 0.717) is 18.2 Å². The van der Waals surface area contributed by atoms with Crippen LogP contribution >= 0.6 is 11.6 Å². The lowest BCUT2D eigenvalue weighted by atomic mass is 10.1. The summed E-state index contributed by atoms with van der Waals surface area (Å²) in [4.78, 5) is 4.43. The van der Waals surface area contributed by atoms with Crippen molar-refractivity contribution in [2.45, 2.75) is 6.54 Å². The van der Waals surface area contributed by atoms with Crippen LogP contribution in [0.15, 0.2) is 65.7 Å². The quantitative estimate of drug-likeness (QED) is 0.670. The van der Waals surface area contributed by atoms with Crippen molar-refractivity contribution in [2.75, 3.05) is 6.67 Å². The normalized spacial score (nSPS) is 13.9. The summed E-state index contributed by atoms with van der Waals surface area (Å²) in [7, 11) is 0. The average molecular weight is 315 g/mol. The highest BCUT2D eigenvalue weighted by Crippen LogP contribution is 2.18. The summed E-state index contributed by atoms with van der Waals surface area (Å²) in [5.74, 6) is 0.853. The van der Waals surface area contributed by atoms with Crippen molar-refractivity contribution in [1.29, 1.82) is 0 Å². The molecule has 0 spiro atoms. The zero-order valence-corrected chi connectivity index (χ0v) is 12.5. The van der Waals surface area contributed by atoms with Gasteiger partial charge in [0.1, 0.15) is 12.5 Å². The lowest BCUT2D eigenvalue weighted by molar-refractivity contribution is -0.605. The lowest BCUT2D eigenvalue weighted by Gasteiger charge is -2.17. The van der Waals surface area contributed by atoms with E-state index in [-0.39, 0.29) is 0 Å². The third kappa shape index (κ3) is 3.38. The molecule has 0 saturated carbocycles. The zero-order valence-electron chi connectivity index (χ0n) is 11.8. The van der Waals surface area contributed by atoms with E-state index in [1.807, 2.05) is 36.4 Å². The van der Waals surface area contributed by atoms with Gasteiger partial charge in [-0.25, -0.2) is 0 Å². The van der Waals surface area contributed by atoms with Gasteiger partial charge in [0.25, 0.3) is 0 Å². The number of aliphatic imine (C=N–C) groups is 1. The minimum Gasteiger partial charge on any atom is -0.619 e. The molecule has 1 aromatic carbocycles. The van der Waals surface area contributed by atoms with E-state index in [4.69, 9.17) is 11.6 Å². The fraction of sp³-hybridized carbons (Fsp3) is 0.125. The van der Waals surface area contributed by atoms with E-state index >= 15 is 0 Å². The van der Waals surface area contributed by atoms with E-state index in [1.165, 1.54) is 6.20 Å². The molecule has 0 atom stereocenters. The number of allylic oxidation sites excluding steroid dienone is 1. The van der Waals surface area contributed by atoms with Crippen molar-refractivity contribution in [3.05, 3.63) is 82.0 Å². The van der Waals surface area contributed by atoms with Crippen molar-refractivity contribution in [3.63, 3.8) is 0 Å². The SMILES string of the molecule is [O-][n+]1cccc(CNC2=CC(c3ccccc3Cl)=NCN2)c1. The summed E-state index contributed by atoms with van der Waals surface area (Å²) in [5.41, 5.74) is 2.64. The predicted molar refractivity (Wildman–Crippen MR) is 86.3 cm³/mol. The Morgan fingerprint density at radius 2 is 2.14 bits per heavy atom. The molecule has 1 aromatic heterocycles. The van der Waals surface area contributed by atoms with Gasteiger partial charge in [-0.2, -0.15) is 4.73 Å². The third-order valence-electron chi connectivity index (χ3n) is 3.27. The minimum absolute atomic E-state index is 0.482. The number of rotatable bonds is 4. The van der Waals surface area contributed by atoms with Crippen LogP contribution in [0, 0.1) is 5.21 Å². The Bertz CT molecular complexity index is 742. The molecule has 112 valence electrons. The lowest BCUT2D eigenvalue weighted by Crippen LogP contribution is -2.32. The van der Waals surface area contributed by atoms with Crippen molar-refractivity contribution in [2.24, 2.45) is 4.99 Å². The van der Waals surface area contributed by atoms with E-state index in [0.717, 1.165) is 27.4 Å². The predicted octanol–water partition coefficient (Wildman–Crippen LogP) is 1.95. The molecule has 6 heteroatoms. The first-order valence-corrected chi connectivity index (χ1v) is 7.27. The first kappa shape index (κ1) is 14.4. The molecule has 1 aliphatic heterocycles. The molecule has 0 saturated heterocycles. The van der Waals surface area contributed by atoms with Gasteiger partial charge in [0.05, 0.1) is 5.71 Å². The van der Waals surface area contributed by atoms with Gasteiger partial charge in [0, 0.05) is 34.8 Å². The smallest absolute Gasteiger partial charge is 0.185 e. The van der Waals surface area contributed by atoms with Gasteiger partial charge in [-0.15, -0.1) is 0 Å². The van der Waals surface area contributed by atoms with Gasteiger partial charge in [0.15, 0.2) is 12.4 Å². The van der Waals surface area contributed by atoms with Gasteiger partial charge in [-0.3, -0.25) is 4.99 Å². The number of pyridine rings is 1. The molecule has 1 aliphatic rings. The average Bonchev–Trinajstić information content (AvgIpc) is 2.54. The molecule has 5 nitrogen and oxygen atoms in total. The van der Waals surface area contributed by atoms with Crippen LogP contribution in [-0.2, 0) is 6.54 Å². The summed E-state index contributed by atoms with van der Waals surface area (Å²) in [5, 5.41) is 18.3. The molecule has 0 radical (unpaired) electrons. The third-order valence-corrected chi connectivity index (χ3v) is 3.60. The fourth-order valence-corrected chi connectivity index (χ4v) is 2.42. The van der Waals surface area contributed by atoms with Crippen LogP contribution in [0.4, 0.5) is 0 Å². The molecule has 0 amide bonds. The van der Waals surface area contributed by atoms with Crippen molar-refractivity contribution in [1.82, 2.24) is 10.6 Å². The molecule has 3 rings (SSSR count). The van der Waals surface area contributed by atoms with E-state index in [2.05, 4.69) is 15.6 Å². The Morgan fingerprint density at radius 1 is 1.27 bits per heavy atom. The number of halogens is 1. The minimum atomic E-state index is 0.482. The highest BCUT2D eigenvalue weighted by molar-refractivity contribution is 6.35. The molecule has 0 aliphatic carbocycles. The molecule has 2 aromatic rings. The van der Waals surface area contributed by atoms with Crippen LogP contribution in [0.1, 0.15) is 11.1 Å². The molecule has 2 heterocycles. The highest BCUT2D eigenvalue weighted by atomic mass is 35.5. The van der Waals surface area contributed by atoms with Gasteiger partial charge >= 0.3 is 0 Å². The highest BCUT2D eigenvalue weighted by Gasteiger charge is 2.10. The summed E-state index contributed by atoms with van der Waals surface area (Å²) in [6.07, 6.45) is 4.92. The summed E-state index contributed by atoms with van der Waals surface area (Å²) in [6, 6.07) is 11.2. The maximum absolute atomic E-state index is 11.2. The zero-order chi connectivity index (χ0) is 15.4. The monoisotopic (exact) mass is 314 g/mol. The van der Waals surface area contributed by atoms with Crippen LogP contribution in [-0.4, -0.2) is 12.4 Å². The Labute approximate surface area is 133 Å². The molecule has 0 unspecified atom stereocenters. The van der Waals surface area contributed by atoms with Crippen LogP contribution in [0.5, 0.6) is 0 Å². The van der Waals surface area contributed by atoms with Crippen molar-refractivity contribution < 1.29 is 4.73 Å². The van der Waals surface area contributed by atoms with Crippen LogP contribution in [0.25, 0.3) is 0 Å². The number of aromatic nitrogens is 1. The molecule has 0 fully saturated rings.